The lowest BCUT2D eigenvalue weighted by Crippen LogP contribution is -2.48. The van der Waals surface area contributed by atoms with Gasteiger partial charge in [-0.25, -0.2) is 4.98 Å². The van der Waals surface area contributed by atoms with Gasteiger partial charge in [0.15, 0.2) is 11.5 Å². The second kappa shape index (κ2) is 13.8. The van der Waals surface area contributed by atoms with Gasteiger partial charge in [-0.05, 0) is 66.2 Å². The number of fused-ring (bicyclic) bond motifs is 2. The molecule has 0 bridgehead atoms. The third kappa shape index (κ3) is 7.34. The molecule has 254 valence electrons. The summed E-state index contributed by atoms with van der Waals surface area (Å²) in [5, 5.41) is 3.50. The quantitative estimate of drug-likeness (QED) is 0.194. The number of nitrogens with zero attached hydrogens (tertiary/aromatic N) is 4. The standard InChI is InChI=1S/C35H30F3N5O5.BrH/c1-41-28-18-27(48-32-11-8-26(19-39-32)40-33(44)23-3-6-25(7-4-23)35(36,37)38)9-5-24(28)17-29(41)34(45)43-14-12-42(13-15-43)20-22-2-10-30-31(16-22)47-21-46-30;/h2-11,16-19H,12-15,20-21H2,1H3,(H,40,44);1H. The van der Waals surface area contributed by atoms with Crippen molar-refractivity contribution in [2.45, 2.75) is 12.7 Å². The maximum Gasteiger partial charge on any atom is 0.416 e. The third-order valence-electron chi connectivity index (χ3n) is 8.43. The molecule has 2 aliphatic heterocycles. The molecule has 1 fully saturated rings. The molecule has 0 saturated carbocycles. The molecular weight excluding hydrogens is 707 g/mol. The molecule has 0 radical (unpaired) electrons. The summed E-state index contributed by atoms with van der Waals surface area (Å²) in [7, 11) is 1.85. The van der Waals surface area contributed by atoms with E-state index in [-0.39, 0.29) is 41.1 Å². The van der Waals surface area contributed by atoms with Crippen LogP contribution in [0.2, 0.25) is 0 Å². The van der Waals surface area contributed by atoms with Gasteiger partial charge in [0.1, 0.15) is 11.4 Å². The van der Waals surface area contributed by atoms with E-state index in [4.69, 9.17) is 14.2 Å². The van der Waals surface area contributed by atoms with Crippen LogP contribution in [0.25, 0.3) is 10.9 Å². The summed E-state index contributed by atoms with van der Waals surface area (Å²) >= 11 is 0. The van der Waals surface area contributed by atoms with Crippen molar-refractivity contribution in [1.29, 1.82) is 0 Å². The van der Waals surface area contributed by atoms with Gasteiger partial charge in [0.05, 0.1) is 23.0 Å². The summed E-state index contributed by atoms with van der Waals surface area (Å²) in [6.07, 6.45) is -3.09. The number of carbonyl (C=O) groups is 2. The number of hydrogen-bond acceptors (Lipinski definition) is 7. The SMILES string of the molecule is Br.Cn1c(C(=O)N2CCN(Cc3ccc4c(c3)OCO4)CC2)cc2ccc(Oc3ccc(NC(=O)c4ccc(C(F)(F)F)cc4)cn3)cc21. The zero-order valence-corrected chi connectivity index (χ0v) is 27.9. The smallest absolute Gasteiger partial charge is 0.416 e. The van der Waals surface area contributed by atoms with E-state index in [0.29, 0.717) is 30.2 Å². The van der Waals surface area contributed by atoms with Crippen LogP contribution >= 0.6 is 17.0 Å². The molecule has 1 N–H and O–H groups in total. The third-order valence-corrected chi connectivity index (χ3v) is 8.43. The lowest BCUT2D eigenvalue weighted by atomic mass is 10.1. The fourth-order valence-electron chi connectivity index (χ4n) is 5.80. The molecule has 1 saturated heterocycles. The zero-order chi connectivity index (χ0) is 33.4. The van der Waals surface area contributed by atoms with Gasteiger partial charge in [0.2, 0.25) is 12.7 Å². The van der Waals surface area contributed by atoms with E-state index in [0.717, 1.165) is 71.9 Å². The fourth-order valence-corrected chi connectivity index (χ4v) is 5.80. The van der Waals surface area contributed by atoms with E-state index in [1.54, 1.807) is 18.2 Å². The van der Waals surface area contributed by atoms with Crippen LogP contribution < -0.4 is 19.5 Å². The first-order chi connectivity index (χ1) is 23.1. The van der Waals surface area contributed by atoms with Crippen molar-refractivity contribution in [2.24, 2.45) is 7.05 Å². The topological polar surface area (TPSA) is 98.2 Å². The van der Waals surface area contributed by atoms with Crippen LogP contribution in [-0.4, -0.2) is 64.1 Å². The highest BCUT2D eigenvalue weighted by atomic mass is 79.9. The zero-order valence-electron chi connectivity index (χ0n) is 26.2. The van der Waals surface area contributed by atoms with Gasteiger partial charge in [-0.2, -0.15) is 13.2 Å². The van der Waals surface area contributed by atoms with E-state index in [1.165, 1.54) is 6.20 Å². The largest absolute Gasteiger partial charge is 0.454 e. The normalized spacial score (nSPS) is 14.4. The summed E-state index contributed by atoms with van der Waals surface area (Å²) in [5.41, 5.74) is 2.14. The van der Waals surface area contributed by atoms with Crippen LogP contribution in [0, 0.1) is 0 Å². The number of halogens is 4. The Morgan fingerprint density at radius 3 is 2.37 bits per heavy atom. The molecule has 4 heterocycles. The van der Waals surface area contributed by atoms with Gasteiger partial charge in [-0.15, -0.1) is 17.0 Å². The molecule has 10 nitrogen and oxygen atoms in total. The average molecular weight is 739 g/mol. The highest BCUT2D eigenvalue weighted by Crippen LogP contribution is 2.33. The molecular formula is C35H31BrF3N5O5. The highest BCUT2D eigenvalue weighted by molar-refractivity contribution is 8.93. The fraction of sp³-hybridized carbons (Fsp3) is 0.229. The molecule has 2 aliphatic rings. The molecule has 49 heavy (non-hydrogen) atoms. The van der Waals surface area contributed by atoms with Crippen LogP contribution in [0.3, 0.4) is 0 Å². The predicted molar refractivity (Wildman–Crippen MR) is 181 cm³/mol. The van der Waals surface area contributed by atoms with Gasteiger partial charge in [-0.1, -0.05) is 6.07 Å². The first kappa shape index (κ1) is 33.8. The number of benzene rings is 3. The molecule has 2 amide bonds. The number of alkyl halides is 3. The van der Waals surface area contributed by atoms with E-state index in [9.17, 15) is 22.8 Å². The average Bonchev–Trinajstić information content (AvgIpc) is 3.69. The number of rotatable bonds is 7. The summed E-state index contributed by atoms with van der Waals surface area (Å²) in [5.74, 6) is 1.71. The lowest BCUT2D eigenvalue weighted by molar-refractivity contribution is -0.137. The summed E-state index contributed by atoms with van der Waals surface area (Å²) in [6, 6.07) is 20.5. The number of pyridine rings is 1. The number of amides is 2. The number of hydrogen-bond donors (Lipinski definition) is 1. The van der Waals surface area contributed by atoms with Crippen molar-refractivity contribution in [3.05, 3.63) is 107 Å². The number of aromatic nitrogens is 2. The molecule has 5 aromatic rings. The molecule has 14 heteroatoms. The van der Waals surface area contributed by atoms with E-state index < -0.39 is 17.6 Å². The molecule has 7 rings (SSSR count). The second-order valence-corrected chi connectivity index (χ2v) is 11.6. The van der Waals surface area contributed by atoms with Crippen molar-refractivity contribution >= 4 is 45.4 Å². The monoisotopic (exact) mass is 737 g/mol. The predicted octanol–water partition coefficient (Wildman–Crippen LogP) is 6.90. The van der Waals surface area contributed by atoms with Gasteiger partial charge < -0.3 is 29.0 Å². The van der Waals surface area contributed by atoms with Crippen LogP contribution in [-0.2, 0) is 19.8 Å². The highest BCUT2D eigenvalue weighted by Gasteiger charge is 2.30. The number of piperazine rings is 1. The number of ether oxygens (including phenoxy) is 3. The van der Waals surface area contributed by atoms with E-state index in [2.05, 4.69) is 15.2 Å². The van der Waals surface area contributed by atoms with Gasteiger partial charge in [-0.3, -0.25) is 14.5 Å². The first-order valence-corrected chi connectivity index (χ1v) is 15.2. The minimum absolute atomic E-state index is 0. The maximum atomic E-state index is 13.6. The van der Waals surface area contributed by atoms with Crippen molar-refractivity contribution < 1.29 is 37.0 Å². The Hall–Kier alpha value is -5.08. The van der Waals surface area contributed by atoms with Crippen LogP contribution in [0.15, 0.2) is 85.1 Å². The molecule has 2 aromatic heterocycles. The minimum Gasteiger partial charge on any atom is -0.454 e. The van der Waals surface area contributed by atoms with Gasteiger partial charge in [0.25, 0.3) is 11.8 Å². The summed E-state index contributed by atoms with van der Waals surface area (Å²) < 4.78 is 57.1. The number of anilines is 1. The van der Waals surface area contributed by atoms with Crippen molar-refractivity contribution in [2.75, 3.05) is 38.3 Å². The van der Waals surface area contributed by atoms with Crippen LogP contribution in [0.1, 0.15) is 32.0 Å². The molecule has 3 aromatic carbocycles. The van der Waals surface area contributed by atoms with E-state index in [1.807, 2.05) is 52.9 Å². The van der Waals surface area contributed by atoms with Crippen molar-refractivity contribution in [1.82, 2.24) is 19.4 Å². The van der Waals surface area contributed by atoms with Crippen LogP contribution in [0.4, 0.5) is 18.9 Å². The maximum absolute atomic E-state index is 13.6. The Labute approximate surface area is 289 Å². The number of nitrogens with one attached hydrogen (secondary N) is 1. The Kier molecular flexibility index (Phi) is 9.52. The molecule has 0 spiro atoms. The van der Waals surface area contributed by atoms with Crippen molar-refractivity contribution in [3.63, 3.8) is 0 Å². The Balaban J connectivity index is 0.00000417. The van der Waals surface area contributed by atoms with Crippen molar-refractivity contribution in [3.8, 4) is 23.1 Å². The summed E-state index contributed by atoms with van der Waals surface area (Å²) in [6.45, 7) is 3.76. The summed E-state index contributed by atoms with van der Waals surface area (Å²) in [4.78, 5) is 34.5. The molecule has 0 unspecified atom stereocenters. The number of aryl methyl sites for hydroxylation is 1. The van der Waals surface area contributed by atoms with Gasteiger partial charge in [0, 0.05) is 62.9 Å². The lowest BCUT2D eigenvalue weighted by Gasteiger charge is -2.34. The van der Waals surface area contributed by atoms with Crippen LogP contribution in [0.5, 0.6) is 23.1 Å². The minimum atomic E-state index is -4.48. The Bertz CT molecular complexity index is 1990. The molecule has 0 atom stereocenters. The second-order valence-electron chi connectivity index (χ2n) is 11.6. The molecule has 0 aliphatic carbocycles. The first-order valence-electron chi connectivity index (χ1n) is 15.2. The number of carbonyl (C=O) groups excluding carboxylic acids is 2. The van der Waals surface area contributed by atoms with Gasteiger partial charge >= 0.3 is 6.18 Å². The Morgan fingerprint density at radius 1 is 0.898 bits per heavy atom. The van der Waals surface area contributed by atoms with E-state index >= 15 is 0 Å². The Morgan fingerprint density at radius 2 is 1.65 bits per heavy atom.